The molecule has 2 atom stereocenters. The fraction of sp³-hybridized carbons (Fsp3) is 0.444. The molecule has 8 heteroatoms. The van der Waals surface area contributed by atoms with Gasteiger partial charge >= 0.3 is 12.1 Å². The Morgan fingerprint density at radius 2 is 1.66 bits per heavy atom. The third-order valence-corrected chi connectivity index (χ3v) is 6.68. The van der Waals surface area contributed by atoms with Gasteiger partial charge in [0.05, 0.1) is 0 Å². The molecule has 1 aliphatic carbocycles. The number of benzene rings is 2. The zero-order chi connectivity index (χ0) is 25.2. The molecule has 0 bridgehead atoms. The zero-order valence-electron chi connectivity index (χ0n) is 20.3. The number of nitrogens with one attached hydrogen (secondary N) is 1. The third kappa shape index (κ3) is 5.32. The van der Waals surface area contributed by atoms with Crippen molar-refractivity contribution >= 4 is 18.0 Å². The number of aliphatic carboxylic acids is 1. The van der Waals surface area contributed by atoms with E-state index in [1.165, 1.54) is 4.90 Å². The van der Waals surface area contributed by atoms with Gasteiger partial charge in [-0.25, -0.2) is 4.79 Å². The highest BCUT2D eigenvalue weighted by atomic mass is 16.5. The summed E-state index contributed by atoms with van der Waals surface area (Å²) in [4.78, 5) is 38.3. The summed E-state index contributed by atoms with van der Waals surface area (Å²) in [5.74, 6) is -1.76. The van der Waals surface area contributed by atoms with Gasteiger partial charge in [-0.3, -0.25) is 9.59 Å². The van der Waals surface area contributed by atoms with Crippen LogP contribution in [0, 0.1) is 5.92 Å². The lowest BCUT2D eigenvalue weighted by Crippen LogP contribution is -2.53. The summed E-state index contributed by atoms with van der Waals surface area (Å²) < 4.78 is 11.2. The van der Waals surface area contributed by atoms with Crippen LogP contribution >= 0.6 is 0 Å². The number of carbonyl (C=O) groups excluding carboxylic acids is 2. The summed E-state index contributed by atoms with van der Waals surface area (Å²) in [6, 6.07) is 16.3. The minimum Gasteiger partial charge on any atom is -0.480 e. The minimum atomic E-state index is -1.08. The van der Waals surface area contributed by atoms with Crippen LogP contribution in [-0.4, -0.2) is 65.9 Å². The van der Waals surface area contributed by atoms with Gasteiger partial charge in [-0.15, -0.1) is 0 Å². The van der Waals surface area contributed by atoms with Crippen LogP contribution in [0.2, 0.25) is 0 Å². The molecule has 2 aromatic rings. The molecular formula is C27H32N2O6. The highest BCUT2D eigenvalue weighted by Gasteiger charge is 2.41. The SMILES string of the molecule is CC(C)(C)N(CC(=O)O)C(=O)[C@H]1OCC[C@H]1CNC(=O)OCC1c2ccccc2-c2ccccc21. The standard InChI is InChI=1S/C27H32N2O6/c1-27(2,3)29(15-23(30)31)25(32)24-17(12-13-34-24)14-28-26(33)35-16-22-20-10-6-4-8-18(20)19-9-5-7-11-21(19)22/h4-11,17,22,24H,12-16H2,1-3H3,(H,28,33)(H,30,31)/t17-,24-/m0/s1. The second-order valence-electron chi connectivity index (χ2n) is 10.0. The molecule has 2 amide bonds. The lowest BCUT2D eigenvalue weighted by atomic mass is 9.97. The average molecular weight is 481 g/mol. The molecule has 8 nitrogen and oxygen atoms in total. The number of nitrogens with zero attached hydrogens (tertiary/aromatic N) is 1. The van der Waals surface area contributed by atoms with Crippen molar-refractivity contribution < 1.29 is 29.0 Å². The second kappa shape index (κ2) is 10.1. The van der Waals surface area contributed by atoms with Gasteiger partial charge in [0.15, 0.2) is 0 Å². The fourth-order valence-corrected chi connectivity index (χ4v) is 4.91. The highest BCUT2D eigenvalue weighted by Crippen LogP contribution is 2.44. The van der Waals surface area contributed by atoms with Gasteiger partial charge in [0.1, 0.15) is 19.3 Å². The van der Waals surface area contributed by atoms with Crippen molar-refractivity contribution in [3.63, 3.8) is 0 Å². The highest BCUT2D eigenvalue weighted by molar-refractivity contribution is 5.86. The maximum atomic E-state index is 13.1. The van der Waals surface area contributed by atoms with E-state index in [1.54, 1.807) is 20.8 Å². The van der Waals surface area contributed by atoms with E-state index in [2.05, 4.69) is 29.6 Å². The van der Waals surface area contributed by atoms with Crippen molar-refractivity contribution in [2.45, 2.75) is 44.8 Å². The van der Waals surface area contributed by atoms with Gasteiger partial charge in [-0.1, -0.05) is 48.5 Å². The van der Waals surface area contributed by atoms with Crippen LogP contribution in [-0.2, 0) is 19.1 Å². The molecule has 0 radical (unpaired) electrons. The molecule has 2 N–H and O–H groups in total. The molecule has 35 heavy (non-hydrogen) atoms. The fourth-order valence-electron chi connectivity index (χ4n) is 4.91. The van der Waals surface area contributed by atoms with E-state index >= 15 is 0 Å². The predicted octanol–water partition coefficient (Wildman–Crippen LogP) is 3.64. The van der Waals surface area contributed by atoms with Gasteiger partial charge in [0.25, 0.3) is 5.91 Å². The molecule has 0 unspecified atom stereocenters. The van der Waals surface area contributed by atoms with E-state index < -0.39 is 30.3 Å². The van der Waals surface area contributed by atoms with Gasteiger partial charge in [-0.05, 0) is 49.4 Å². The minimum absolute atomic E-state index is 0.0337. The van der Waals surface area contributed by atoms with E-state index in [0.717, 1.165) is 22.3 Å². The Morgan fingerprint density at radius 1 is 1.06 bits per heavy atom. The molecule has 2 aliphatic rings. The van der Waals surface area contributed by atoms with E-state index in [-0.39, 0.29) is 30.9 Å². The number of amides is 2. The Morgan fingerprint density at radius 3 is 2.23 bits per heavy atom. The third-order valence-electron chi connectivity index (χ3n) is 6.68. The lowest BCUT2D eigenvalue weighted by Gasteiger charge is -2.36. The summed E-state index contributed by atoms with van der Waals surface area (Å²) in [5, 5.41) is 12.0. The Balaban J connectivity index is 1.35. The van der Waals surface area contributed by atoms with Gasteiger partial charge in [0, 0.05) is 30.5 Å². The number of ether oxygens (including phenoxy) is 2. The van der Waals surface area contributed by atoms with E-state index in [1.807, 2.05) is 24.3 Å². The Bertz CT molecular complexity index is 1060. The first-order valence-electron chi connectivity index (χ1n) is 11.9. The second-order valence-corrected chi connectivity index (χ2v) is 10.0. The van der Waals surface area contributed by atoms with Crippen LogP contribution in [0.5, 0.6) is 0 Å². The van der Waals surface area contributed by atoms with Crippen molar-refractivity contribution in [2.24, 2.45) is 5.92 Å². The smallest absolute Gasteiger partial charge is 0.407 e. The molecule has 2 aromatic carbocycles. The van der Waals surface area contributed by atoms with Crippen molar-refractivity contribution in [3.05, 3.63) is 59.7 Å². The van der Waals surface area contributed by atoms with Crippen LogP contribution in [0.3, 0.4) is 0 Å². The van der Waals surface area contributed by atoms with E-state index in [4.69, 9.17) is 9.47 Å². The molecule has 0 saturated carbocycles. The molecule has 4 rings (SSSR count). The van der Waals surface area contributed by atoms with Crippen molar-refractivity contribution in [1.82, 2.24) is 10.2 Å². The quantitative estimate of drug-likeness (QED) is 0.627. The molecular weight excluding hydrogens is 448 g/mol. The van der Waals surface area contributed by atoms with Crippen LogP contribution in [0.25, 0.3) is 11.1 Å². The topological polar surface area (TPSA) is 105 Å². The monoisotopic (exact) mass is 480 g/mol. The number of carboxylic acids is 1. The van der Waals surface area contributed by atoms with Crippen molar-refractivity contribution in [1.29, 1.82) is 0 Å². The van der Waals surface area contributed by atoms with Crippen molar-refractivity contribution in [2.75, 3.05) is 26.3 Å². The van der Waals surface area contributed by atoms with Crippen LogP contribution in [0.1, 0.15) is 44.2 Å². The first-order chi connectivity index (χ1) is 16.7. The summed E-state index contributed by atoms with van der Waals surface area (Å²) in [5.41, 5.74) is 3.92. The molecule has 1 saturated heterocycles. The molecule has 0 spiro atoms. The number of carbonyl (C=O) groups is 3. The molecule has 0 aromatic heterocycles. The number of fused-ring (bicyclic) bond motifs is 3. The lowest BCUT2D eigenvalue weighted by molar-refractivity contribution is -0.155. The number of alkyl carbamates (subject to hydrolysis) is 1. The normalized spacial score (nSPS) is 19.1. The zero-order valence-corrected chi connectivity index (χ0v) is 20.3. The largest absolute Gasteiger partial charge is 0.480 e. The van der Waals surface area contributed by atoms with Gasteiger partial charge in [-0.2, -0.15) is 0 Å². The van der Waals surface area contributed by atoms with Crippen molar-refractivity contribution in [3.8, 4) is 11.1 Å². The maximum Gasteiger partial charge on any atom is 0.407 e. The van der Waals surface area contributed by atoms with Crippen LogP contribution in [0.4, 0.5) is 4.79 Å². The average Bonchev–Trinajstić information content (AvgIpc) is 3.41. The first kappa shape index (κ1) is 24.7. The maximum absolute atomic E-state index is 13.1. The predicted molar refractivity (Wildman–Crippen MR) is 130 cm³/mol. The number of hydrogen-bond acceptors (Lipinski definition) is 5. The van der Waals surface area contributed by atoms with Crippen LogP contribution in [0.15, 0.2) is 48.5 Å². The molecule has 1 aliphatic heterocycles. The van der Waals surface area contributed by atoms with Gasteiger partial charge in [0.2, 0.25) is 0 Å². The van der Waals surface area contributed by atoms with E-state index in [0.29, 0.717) is 13.0 Å². The first-order valence-corrected chi connectivity index (χ1v) is 11.9. The summed E-state index contributed by atoms with van der Waals surface area (Å²) in [6.45, 7) is 5.73. The Hall–Kier alpha value is -3.39. The molecule has 186 valence electrons. The molecule has 1 fully saturated rings. The van der Waals surface area contributed by atoms with E-state index in [9.17, 15) is 19.5 Å². The Kier molecular flexibility index (Phi) is 7.12. The summed E-state index contributed by atoms with van der Waals surface area (Å²) in [7, 11) is 0. The number of rotatable bonds is 7. The number of carboxylic acid groups (broad SMARTS) is 1. The Labute approximate surface area is 205 Å². The van der Waals surface area contributed by atoms with Crippen LogP contribution < -0.4 is 5.32 Å². The van der Waals surface area contributed by atoms with Gasteiger partial charge < -0.3 is 24.8 Å². The molecule has 1 heterocycles. The summed E-state index contributed by atoms with van der Waals surface area (Å²) in [6.07, 6.45) is -0.767. The summed E-state index contributed by atoms with van der Waals surface area (Å²) >= 11 is 0. The number of hydrogen-bond donors (Lipinski definition) is 2.